The second-order valence-corrected chi connectivity index (χ2v) is 5.16. The molecule has 0 aromatic carbocycles. The van der Waals surface area contributed by atoms with Gasteiger partial charge in [0.25, 0.3) is 0 Å². The lowest BCUT2D eigenvalue weighted by Gasteiger charge is -2.03. The normalized spacial score (nSPS) is 15.9. The summed E-state index contributed by atoms with van der Waals surface area (Å²) in [4.78, 5) is 12.0. The molecule has 0 unspecified atom stereocenters. The highest BCUT2D eigenvalue weighted by atomic mass is 32.1. The van der Waals surface area contributed by atoms with Crippen LogP contribution in [0.1, 0.15) is 40.2 Å². The number of nitrogens with one attached hydrogen (secondary N) is 1. The number of aldehydes is 1. The van der Waals surface area contributed by atoms with Gasteiger partial charge in [0, 0.05) is 10.9 Å². The lowest BCUT2D eigenvalue weighted by Crippen LogP contribution is -2.20. The molecule has 0 aliphatic heterocycles. The fourth-order valence-electron chi connectivity index (χ4n) is 1.73. The van der Waals surface area contributed by atoms with E-state index in [0.29, 0.717) is 0 Å². The van der Waals surface area contributed by atoms with Gasteiger partial charge in [-0.3, -0.25) is 4.79 Å². The second kappa shape index (κ2) is 6.75. The molecule has 1 saturated carbocycles. The molecule has 0 amide bonds. The minimum absolute atomic E-state index is 0.808. The van der Waals surface area contributed by atoms with Crippen molar-refractivity contribution in [1.29, 1.82) is 0 Å². The van der Waals surface area contributed by atoms with Crippen molar-refractivity contribution >= 4 is 17.6 Å². The maximum absolute atomic E-state index is 10.0. The van der Waals surface area contributed by atoms with E-state index in [9.17, 15) is 4.79 Å². The first kappa shape index (κ1) is 12.4. The molecule has 1 aliphatic rings. The van der Waals surface area contributed by atoms with Gasteiger partial charge in [-0.2, -0.15) is 0 Å². The second-order valence-electron chi connectivity index (χ2n) is 3.84. The van der Waals surface area contributed by atoms with E-state index >= 15 is 0 Å². The molecule has 1 N–H and O–H groups in total. The maximum Gasteiger partial charge on any atom is 0.160 e. The molecule has 2 rings (SSSR count). The van der Waals surface area contributed by atoms with Crippen LogP contribution in [-0.2, 0) is 0 Å². The Hall–Kier alpha value is -0.670. The topological polar surface area (TPSA) is 29.1 Å². The van der Waals surface area contributed by atoms with Crippen LogP contribution in [0.25, 0.3) is 0 Å². The number of carbonyl (C=O) groups is 1. The van der Waals surface area contributed by atoms with Gasteiger partial charge >= 0.3 is 0 Å². The predicted octanol–water partition coefficient (Wildman–Crippen LogP) is 3.02. The Morgan fingerprint density at radius 3 is 2.33 bits per heavy atom. The summed E-state index contributed by atoms with van der Waals surface area (Å²) in [5, 5.41) is 3.26. The van der Waals surface area contributed by atoms with E-state index in [4.69, 9.17) is 0 Å². The Kier molecular flexibility index (Phi) is 5.58. The van der Waals surface area contributed by atoms with Crippen molar-refractivity contribution in [1.82, 2.24) is 5.32 Å². The van der Waals surface area contributed by atoms with E-state index in [1.807, 2.05) is 19.1 Å². The van der Waals surface area contributed by atoms with E-state index in [-0.39, 0.29) is 0 Å². The van der Waals surface area contributed by atoms with E-state index in [1.54, 1.807) is 0 Å². The lowest BCUT2D eigenvalue weighted by molar-refractivity contribution is 0.112. The van der Waals surface area contributed by atoms with E-state index in [1.165, 1.54) is 41.9 Å². The summed E-state index contributed by atoms with van der Waals surface area (Å²) in [6.07, 6.45) is 6.54. The largest absolute Gasteiger partial charge is 0.317 e. The third kappa shape index (κ3) is 4.58. The first-order chi connectivity index (χ1) is 7.26. The molecule has 1 aromatic rings. The fraction of sp³-hybridized carbons (Fsp3) is 0.583. The zero-order chi connectivity index (χ0) is 11.1. The Morgan fingerprint density at radius 2 is 2.07 bits per heavy atom. The molecule has 2 nitrogen and oxygen atoms in total. The van der Waals surface area contributed by atoms with Gasteiger partial charge in [0.05, 0.1) is 4.88 Å². The van der Waals surface area contributed by atoms with Gasteiger partial charge in [-0.1, -0.05) is 12.8 Å². The molecule has 1 aromatic heterocycles. The highest BCUT2D eigenvalue weighted by molar-refractivity contribution is 7.13. The van der Waals surface area contributed by atoms with Crippen LogP contribution in [0.3, 0.4) is 0 Å². The number of thiophene rings is 1. The molecule has 0 atom stereocenters. The minimum Gasteiger partial charge on any atom is -0.317 e. The van der Waals surface area contributed by atoms with Crippen LogP contribution < -0.4 is 5.32 Å². The molecule has 0 radical (unpaired) electrons. The zero-order valence-electron chi connectivity index (χ0n) is 9.45. The summed E-state index contributed by atoms with van der Waals surface area (Å²) in [6, 6.07) is 4.61. The summed E-state index contributed by atoms with van der Waals surface area (Å²) >= 11 is 1.52. The van der Waals surface area contributed by atoms with Gasteiger partial charge in [-0.25, -0.2) is 0 Å². The standard InChI is InChI=1S/C6H13N.C6H6OS/c1-7-6-4-2-3-5-6;1-5-2-3-6(4-7)8-5/h6-7H,2-5H2,1H3;2-4H,1H3. The highest BCUT2D eigenvalue weighted by Crippen LogP contribution is 2.16. The van der Waals surface area contributed by atoms with Crippen molar-refractivity contribution in [3.8, 4) is 0 Å². The molecule has 15 heavy (non-hydrogen) atoms. The quantitative estimate of drug-likeness (QED) is 0.784. The van der Waals surface area contributed by atoms with Crippen LogP contribution in [0.2, 0.25) is 0 Å². The highest BCUT2D eigenvalue weighted by Gasteiger charge is 2.10. The number of rotatable bonds is 2. The smallest absolute Gasteiger partial charge is 0.160 e. The SMILES string of the molecule is CNC1CCCC1.Cc1ccc(C=O)s1. The summed E-state index contributed by atoms with van der Waals surface area (Å²) in [7, 11) is 2.05. The van der Waals surface area contributed by atoms with Gasteiger partial charge in [-0.15, -0.1) is 11.3 Å². The van der Waals surface area contributed by atoms with Crippen LogP contribution in [0.15, 0.2) is 12.1 Å². The van der Waals surface area contributed by atoms with Crippen LogP contribution >= 0.6 is 11.3 Å². The van der Waals surface area contributed by atoms with E-state index in [2.05, 4.69) is 12.4 Å². The molecule has 1 aliphatic carbocycles. The number of hydrogen-bond donors (Lipinski definition) is 1. The molecule has 0 saturated heterocycles. The van der Waals surface area contributed by atoms with Crippen molar-refractivity contribution in [2.75, 3.05) is 7.05 Å². The first-order valence-electron chi connectivity index (χ1n) is 5.45. The monoisotopic (exact) mass is 225 g/mol. The van der Waals surface area contributed by atoms with Crippen molar-refractivity contribution in [3.05, 3.63) is 21.9 Å². The van der Waals surface area contributed by atoms with Gasteiger partial charge < -0.3 is 5.32 Å². The number of hydrogen-bond acceptors (Lipinski definition) is 3. The molecule has 0 spiro atoms. The Bertz CT molecular complexity index is 290. The number of carbonyl (C=O) groups excluding carboxylic acids is 1. The maximum atomic E-state index is 10.0. The van der Waals surface area contributed by atoms with Crippen LogP contribution in [-0.4, -0.2) is 19.4 Å². The third-order valence-electron chi connectivity index (χ3n) is 2.64. The van der Waals surface area contributed by atoms with Gasteiger partial charge in [0.2, 0.25) is 0 Å². The molecule has 1 fully saturated rings. The fourth-order valence-corrected chi connectivity index (χ4v) is 2.42. The van der Waals surface area contributed by atoms with E-state index < -0.39 is 0 Å². The Balaban J connectivity index is 0.000000151. The minimum atomic E-state index is 0.808. The Labute approximate surface area is 95.7 Å². The van der Waals surface area contributed by atoms with E-state index in [0.717, 1.165) is 17.2 Å². The summed E-state index contributed by atoms with van der Waals surface area (Å²) < 4.78 is 0. The molecule has 84 valence electrons. The van der Waals surface area contributed by atoms with Crippen LogP contribution in [0.5, 0.6) is 0 Å². The van der Waals surface area contributed by atoms with Crippen molar-refractivity contribution in [3.63, 3.8) is 0 Å². The van der Waals surface area contributed by atoms with Crippen molar-refractivity contribution < 1.29 is 4.79 Å². The summed E-state index contributed by atoms with van der Waals surface area (Å²) in [5.41, 5.74) is 0. The summed E-state index contributed by atoms with van der Waals surface area (Å²) in [6.45, 7) is 1.98. The molecular weight excluding hydrogens is 206 g/mol. The van der Waals surface area contributed by atoms with Crippen molar-refractivity contribution in [2.24, 2.45) is 0 Å². The van der Waals surface area contributed by atoms with Gasteiger partial charge in [0.1, 0.15) is 0 Å². The van der Waals surface area contributed by atoms with Gasteiger partial charge in [0.15, 0.2) is 6.29 Å². The predicted molar refractivity (Wildman–Crippen MR) is 65.8 cm³/mol. The zero-order valence-corrected chi connectivity index (χ0v) is 10.3. The Morgan fingerprint density at radius 1 is 1.40 bits per heavy atom. The molecule has 0 bridgehead atoms. The van der Waals surface area contributed by atoms with Crippen LogP contribution in [0.4, 0.5) is 0 Å². The molecular formula is C12H19NOS. The lowest BCUT2D eigenvalue weighted by atomic mass is 10.3. The average Bonchev–Trinajstić information content (AvgIpc) is 2.88. The van der Waals surface area contributed by atoms with Crippen LogP contribution in [0, 0.1) is 6.92 Å². The first-order valence-corrected chi connectivity index (χ1v) is 6.26. The average molecular weight is 225 g/mol. The number of aryl methyl sites for hydroxylation is 1. The van der Waals surface area contributed by atoms with Crippen molar-refractivity contribution in [2.45, 2.75) is 38.6 Å². The van der Waals surface area contributed by atoms with Gasteiger partial charge in [-0.05, 0) is 38.9 Å². The molecule has 1 heterocycles. The molecule has 3 heteroatoms. The third-order valence-corrected chi connectivity index (χ3v) is 3.57. The summed E-state index contributed by atoms with van der Waals surface area (Å²) in [5.74, 6) is 0.